The monoisotopic (exact) mass is 526 g/mol. The van der Waals surface area contributed by atoms with E-state index < -0.39 is 17.6 Å². The van der Waals surface area contributed by atoms with E-state index in [2.05, 4.69) is 10.3 Å². The molecule has 0 fully saturated rings. The summed E-state index contributed by atoms with van der Waals surface area (Å²) in [6, 6.07) is 3.18. The number of nitrogens with one attached hydrogen (secondary N) is 1. The summed E-state index contributed by atoms with van der Waals surface area (Å²) < 4.78 is 34.3. The maximum Gasteiger partial charge on any atom is 0.255 e. The molecule has 0 spiro atoms. The smallest absolute Gasteiger partial charge is 0.255 e. The second-order valence-electron chi connectivity index (χ2n) is 9.68. The normalized spacial score (nSPS) is 16.9. The Labute approximate surface area is 221 Å². The van der Waals surface area contributed by atoms with E-state index in [9.17, 15) is 23.2 Å². The molecule has 1 aliphatic rings. The number of hydrogen-bond acceptors (Lipinski definition) is 5. The van der Waals surface area contributed by atoms with Crippen LogP contribution >= 0.6 is 0 Å². The molecule has 0 saturated carbocycles. The zero-order valence-corrected chi connectivity index (χ0v) is 22.6. The van der Waals surface area contributed by atoms with Gasteiger partial charge in [-0.1, -0.05) is 19.1 Å². The van der Waals surface area contributed by atoms with Gasteiger partial charge in [0.15, 0.2) is 7.85 Å². The summed E-state index contributed by atoms with van der Waals surface area (Å²) in [4.78, 5) is 44.1. The third kappa shape index (κ3) is 6.38. The number of aromatic nitrogens is 2. The lowest BCUT2D eigenvalue weighted by Crippen LogP contribution is -2.42. The van der Waals surface area contributed by atoms with Crippen LogP contribution in [0.2, 0.25) is 0 Å². The van der Waals surface area contributed by atoms with Gasteiger partial charge in [0.25, 0.3) is 5.56 Å². The molecule has 8 nitrogen and oxygen atoms in total. The Morgan fingerprint density at radius 3 is 2.61 bits per heavy atom. The van der Waals surface area contributed by atoms with Crippen molar-refractivity contribution < 1.29 is 23.1 Å². The number of carbonyl (C=O) groups excluding carboxylic acids is 2. The van der Waals surface area contributed by atoms with Gasteiger partial charge >= 0.3 is 0 Å². The first kappa shape index (κ1) is 28.8. The lowest BCUT2D eigenvalue weighted by Gasteiger charge is -2.30. The van der Waals surface area contributed by atoms with Gasteiger partial charge in [0, 0.05) is 55.8 Å². The Hall–Kier alpha value is -3.76. The molecule has 2 unspecified atom stereocenters. The van der Waals surface area contributed by atoms with Crippen LogP contribution in [0.15, 0.2) is 40.7 Å². The number of aryl methyl sites for hydroxylation is 1. The number of benzene rings is 1. The van der Waals surface area contributed by atoms with Crippen molar-refractivity contribution in [1.82, 2.24) is 19.8 Å². The van der Waals surface area contributed by atoms with Crippen LogP contribution in [0.3, 0.4) is 0 Å². The average molecular weight is 526 g/mol. The molecule has 2 amide bonds. The summed E-state index contributed by atoms with van der Waals surface area (Å²) in [6.07, 6.45) is 4.51. The molecule has 2 aromatic rings. The second kappa shape index (κ2) is 12.2. The molecule has 1 N–H and O–H groups in total. The second-order valence-corrected chi connectivity index (χ2v) is 9.68. The highest BCUT2D eigenvalue weighted by molar-refractivity contribution is 6.33. The fourth-order valence-electron chi connectivity index (χ4n) is 4.41. The highest BCUT2D eigenvalue weighted by Gasteiger charge is 2.31. The Balaban J connectivity index is 1.78. The highest BCUT2D eigenvalue weighted by atomic mass is 19.1. The molecule has 1 heterocycles. The SMILES string of the molecule is Bc1c(OCc2ccc(F)cc2F)nc(C)n(C2=C(C)C=CC(C(=O)NCCCC(=O)N(C)C)C2C)c1=O. The first-order valence-electron chi connectivity index (χ1n) is 12.5. The summed E-state index contributed by atoms with van der Waals surface area (Å²) >= 11 is 0. The third-order valence-corrected chi connectivity index (χ3v) is 6.65. The van der Waals surface area contributed by atoms with Gasteiger partial charge in [-0.15, -0.1) is 0 Å². The van der Waals surface area contributed by atoms with Crippen LogP contribution in [0.25, 0.3) is 5.70 Å². The number of carbonyl (C=O) groups is 2. The van der Waals surface area contributed by atoms with Gasteiger partial charge < -0.3 is 15.0 Å². The van der Waals surface area contributed by atoms with E-state index in [0.717, 1.165) is 17.7 Å². The molecular weight excluding hydrogens is 493 g/mol. The number of ether oxygens (including phenoxy) is 1. The Morgan fingerprint density at radius 2 is 1.95 bits per heavy atom. The number of hydrogen-bond donors (Lipinski definition) is 1. The first-order valence-corrected chi connectivity index (χ1v) is 12.5. The highest BCUT2D eigenvalue weighted by Crippen LogP contribution is 2.33. The summed E-state index contributed by atoms with van der Waals surface area (Å²) in [5, 5.41) is 2.89. The van der Waals surface area contributed by atoms with E-state index in [1.54, 1.807) is 28.9 Å². The topological polar surface area (TPSA) is 93.5 Å². The van der Waals surface area contributed by atoms with Crippen molar-refractivity contribution >= 4 is 30.8 Å². The molecule has 0 saturated heterocycles. The molecule has 0 radical (unpaired) electrons. The van der Waals surface area contributed by atoms with Gasteiger partial charge in [-0.2, -0.15) is 0 Å². The lowest BCUT2D eigenvalue weighted by atomic mass is 9.83. The first-order chi connectivity index (χ1) is 17.9. The Bertz CT molecular complexity index is 1350. The van der Waals surface area contributed by atoms with Gasteiger partial charge in [-0.25, -0.2) is 13.8 Å². The van der Waals surface area contributed by atoms with Gasteiger partial charge in [-0.3, -0.25) is 19.0 Å². The minimum Gasteiger partial charge on any atom is -0.473 e. The average Bonchev–Trinajstić information content (AvgIpc) is 2.85. The fraction of sp³-hybridized carbons (Fsp3) is 0.407. The number of nitrogens with zero attached hydrogens (tertiary/aromatic N) is 3. The zero-order valence-electron chi connectivity index (χ0n) is 22.6. The molecular formula is C27H33BF2N4O4. The van der Waals surface area contributed by atoms with Crippen molar-refractivity contribution in [3.63, 3.8) is 0 Å². The number of allylic oxidation sites excluding steroid dienone is 3. The Kier molecular flexibility index (Phi) is 9.24. The van der Waals surface area contributed by atoms with Crippen molar-refractivity contribution in [2.24, 2.45) is 11.8 Å². The van der Waals surface area contributed by atoms with Crippen molar-refractivity contribution in [1.29, 1.82) is 0 Å². The van der Waals surface area contributed by atoms with Crippen LogP contribution in [-0.4, -0.2) is 54.8 Å². The largest absolute Gasteiger partial charge is 0.473 e. The van der Waals surface area contributed by atoms with Gasteiger partial charge in [-0.05, 0) is 38.0 Å². The summed E-state index contributed by atoms with van der Waals surface area (Å²) in [7, 11) is 4.95. The van der Waals surface area contributed by atoms with Crippen molar-refractivity contribution in [3.8, 4) is 5.88 Å². The maximum absolute atomic E-state index is 14.0. The van der Waals surface area contributed by atoms with Crippen LogP contribution in [-0.2, 0) is 16.2 Å². The van der Waals surface area contributed by atoms with E-state index >= 15 is 0 Å². The summed E-state index contributed by atoms with van der Waals surface area (Å²) in [5.74, 6) is -2.05. The van der Waals surface area contributed by atoms with Crippen molar-refractivity contribution in [2.45, 2.75) is 40.2 Å². The molecule has 0 aliphatic heterocycles. The number of amides is 2. The van der Waals surface area contributed by atoms with Crippen LogP contribution in [0.5, 0.6) is 5.88 Å². The molecule has 1 aromatic carbocycles. The molecule has 11 heteroatoms. The molecule has 202 valence electrons. The van der Waals surface area contributed by atoms with Crippen LogP contribution in [0.4, 0.5) is 8.78 Å². The van der Waals surface area contributed by atoms with Crippen LogP contribution < -0.4 is 21.1 Å². The minimum atomic E-state index is -0.745. The van der Waals surface area contributed by atoms with Gasteiger partial charge in [0.1, 0.15) is 24.1 Å². The minimum absolute atomic E-state index is 0.000953. The lowest BCUT2D eigenvalue weighted by molar-refractivity contribution is -0.129. The maximum atomic E-state index is 14.0. The van der Waals surface area contributed by atoms with Gasteiger partial charge in [0.2, 0.25) is 17.7 Å². The number of halogens is 2. The zero-order chi connectivity index (χ0) is 28.1. The molecule has 38 heavy (non-hydrogen) atoms. The quantitative estimate of drug-likeness (QED) is 0.397. The summed E-state index contributed by atoms with van der Waals surface area (Å²) in [5.41, 5.74) is 1.49. The van der Waals surface area contributed by atoms with Crippen molar-refractivity contribution in [2.75, 3.05) is 20.6 Å². The van der Waals surface area contributed by atoms with Crippen molar-refractivity contribution in [3.05, 3.63) is 69.3 Å². The van der Waals surface area contributed by atoms with E-state index in [4.69, 9.17) is 4.74 Å². The van der Waals surface area contributed by atoms with Crippen LogP contribution in [0, 0.1) is 30.4 Å². The fourth-order valence-corrected chi connectivity index (χ4v) is 4.41. The number of rotatable bonds is 9. The van der Waals surface area contributed by atoms with E-state index in [0.29, 0.717) is 30.9 Å². The van der Waals surface area contributed by atoms with E-state index in [1.807, 2.05) is 26.0 Å². The molecule has 1 aliphatic carbocycles. The molecule has 0 bridgehead atoms. The molecule has 1 aromatic heterocycles. The molecule has 2 atom stereocenters. The Morgan fingerprint density at radius 1 is 1.24 bits per heavy atom. The van der Waals surface area contributed by atoms with Crippen LogP contribution in [0.1, 0.15) is 38.1 Å². The van der Waals surface area contributed by atoms with Gasteiger partial charge in [0.05, 0.1) is 5.92 Å². The third-order valence-electron chi connectivity index (χ3n) is 6.65. The predicted octanol–water partition coefficient (Wildman–Crippen LogP) is 1.71. The van der Waals surface area contributed by atoms with E-state index in [1.165, 1.54) is 15.5 Å². The summed E-state index contributed by atoms with van der Waals surface area (Å²) in [6.45, 7) is 5.56. The standard InChI is InChI=1S/C27H33BF2N4O4/c1-15-8-11-20(25(36)31-12-6-7-22(35)33(4)5)16(2)24(15)34-17(3)32-26(23(28)27(34)37)38-14-18-9-10-19(29)13-21(18)30/h8-11,13,16,20H,6-7,12,14,28H2,1-5H3,(H,31,36). The van der Waals surface area contributed by atoms with E-state index in [-0.39, 0.29) is 46.8 Å². The molecule has 3 rings (SSSR count). The predicted molar refractivity (Wildman–Crippen MR) is 144 cm³/mol.